The van der Waals surface area contributed by atoms with E-state index in [-0.39, 0.29) is 10.8 Å². The molecule has 9 heteroatoms. The minimum absolute atomic E-state index is 0.0404. The van der Waals surface area contributed by atoms with E-state index in [1.165, 1.54) is 36.4 Å². The molecule has 3 aromatic rings. The summed E-state index contributed by atoms with van der Waals surface area (Å²) >= 11 is 0. The number of hydrogen-bond acceptors (Lipinski definition) is 4. The van der Waals surface area contributed by atoms with Crippen molar-refractivity contribution < 1.29 is 27.5 Å². The third-order valence-electron chi connectivity index (χ3n) is 4.96. The summed E-state index contributed by atoms with van der Waals surface area (Å²) in [6, 6.07) is 16.9. The maximum atomic E-state index is 13.0. The Morgan fingerprint density at radius 3 is 1.85 bits per heavy atom. The Morgan fingerprint density at radius 1 is 0.848 bits per heavy atom. The average Bonchev–Trinajstić information content (AvgIpc) is 2.78. The number of carbonyl (C=O) groups is 2. The highest BCUT2D eigenvalue weighted by atomic mass is 32.2. The lowest BCUT2D eigenvalue weighted by Crippen LogP contribution is -2.44. The molecule has 0 radical (unpaired) electrons. The van der Waals surface area contributed by atoms with Gasteiger partial charge >= 0.3 is 5.97 Å². The summed E-state index contributed by atoms with van der Waals surface area (Å²) in [6.45, 7) is 3.24. The zero-order valence-corrected chi connectivity index (χ0v) is 18.8. The van der Waals surface area contributed by atoms with Gasteiger partial charge in [0.15, 0.2) is 0 Å². The molecule has 1 atom stereocenters. The molecule has 0 aliphatic carbocycles. The molecular weight excluding hydrogens is 447 g/mol. The van der Waals surface area contributed by atoms with Crippen LogP contribution >= 0.6 is 0 Å². The van der Waals surface area contributed by atoms with Gasteiger partial charge in [-0.3, -0.25) is 9.59 Å². The minimum Gasteiger partial charge on any atom is -0.480 e. The molecule has 0 fully saturated rings. The van der Waals surface area contributed by atoms with Crippen molar-refractivity contribution in [3.8, 4) is 11.1 Å². The average molecular weight is 471 g/mol. The monoisotopic (exact) mass is 470 g/mol. The molecule has 3 rings (SSSR count). The zero-order chi connectivity index (χ0) is 24.2. The Labute approximate surface area is 191 Å². The van der Waals surface area contributed by atoms with Crippen LogP contribution in [0.2, 0.25) is 0 Å². The first kappa shape index (κ1) is 24.1. The fraction of sp³-hybridized carbons (Fsp3) is 0.167. The van der Waals surface area contributed by atoms with Gasteiger partial charge in [-0.15, -0.1) is 0 Å². The van der Waals surface area contributed by atoms with Gasteiger partial charge in [0.2, 0.25) is 10.0 Å². The van der Waals surface area contributed by atoms with Gasteiger partial charge in [-0.2, -0.15) is 4.72 Å². The Balaban J connectivity index is 1.71. The van der Waals surface area contributed by atoms with Crippen LogP contribution in [-0.4, -0.2) is 31.4 Å². The van der Waals surface area contributed by atoms with E-state index in [1.54, 1.807) is 50.2 Å². The maximum Gasteiger partial charge on any atom is 0.322 e. The normalized spacial score (nSPS) is 12.4. The van der Waals surface area contributed by atoms with Crippen LogP contribution in [0, 0.1) is 11.7 Å². The zero-order valence-electron chi connectivity index (χ0n) is 17.9. The van der Waals surface area contributed by atoms with Crippen molar-refractivity contribution in [2.24, 2.45) is 5.92 Å². The fourth-order valence-electron chi connectivity index (χ4n) is 3.08. The van der Waals surface area contributed by atoms with Crippen LogP contribution < -0.4 is 10.0 Å². The van der Waals surface area contributed by atoms with E-state index in [1.807, 2.05) is 0 Å². The molecule has 0 aliphatic heterocycles. The predicted molar refractivity (Wildman–Crippen MR) is 123 cm³/mol. The van der Waals surface area contributed by atoms with E-state index >= 15 is 0 Å². The number of carbonyl (C=O) groups excluding carboxylic acids is 1. The van der Waals surface area contributed by atoms with Crippen molar-refractivity contribution in [1.82, 2.24) is 4.72 Å². The molecular formula is C24H23FN2O5S. The smallest absolute Gasteiger partial charge is 0.322 e. The van der Waals surface area contributed by atoms with Gasteiger partial charge < -0.3 is 10.4 Å². The van der Waals surface area contributed by atoms with E-state index in [2.05, 4.69) is 10.0 Å². The van der Waals surface area contributed by atoms with Crippen molar-refractivity contribution in [3.63, 3.8) is 0 Å². The van der Waals surface area contributed by atoms with Crippen LogP contribution in [0.3, 0.4) is 0 Å². The molecule has 0 bridgehead atoms. The van der Waals surface area contributed by atoms with Gasteiger partial charge in [-0.1, -0.05) is 38.1 Å². The van der Waals surface area contributed by atoms with Crippen molar-refractivity contribution in [1.29, 1.82) is 0 Å². The summed E-state index contributed by atoms with van der Waals surface area (Å²) in [7, 11) is -4.00. The van der Waals surface area contributed by atoms with Crippen molar-refractivity contribution >= 4 is 27.6 Å². The number of carboxylic acids is 1. The van der Waals surface area contributed by atoms with E-state index in [0.717, 1.165) is 11.1 Å². The number of hydrogen-bond donors (Lipinski definition) is 3. The molecule has 0 saturated carbocycles. The van der Waals surface area contributed by atoms with E-state index in [4.69, 9.17) is 0 Å². The fourth-order valence-corrected chi connectivity index (χ4v) is 4.42. The summed E-state index contributed by atoms with van der Waals surface area (Å²) in [6.07, 6.45) is 0. The van der Waals surface area contributed by atoms with Gasteiger partial charge in [-0.25, -0.2) is 12.8 Å². The van der Waals surface area contributed by atoms with Crippen molar-refractivity contribution in [3.05, 3.63) is 84.2 Å². The second-order valence-corrected chi connectivity index (χ2v) is 9.46. The first-order valence-electron chi connectivity index (χ1n) is 10.1. The van der Waals surface area contributed by atoms with Crippen LogP contribution in [0.25, 0.3) is 11.1 Å². The van der Waals surface area contributed by atoms with Crippen molar-refractivity contribution in [2.45, 2.75) is 24.8 Å². The molecule has 0 aliphatic rings. The predicted octanol–water partition coefficient (Wildman–Crippen LogP) is 4.13. The van der Waals surface area contributed by atoms with Crippen molar-refractivity contribution in [2.75, 3.05) is 5.32 Å². The third-order valence-corrected chi connectivity index (χ3v) is 6.42. The largest absolute Gasteiger partial charge is 0.480 e. The summed E-state index contributed by atoms with van der Waals surface area (Å²) in [4.78, 5) is 23.5. The number of rotatable bonds is 8. The van der Waals surface area contributed by atoms with E-state index in [9.17, 15) is 27.5 Å². The molecule has 0 unspecified atom stereocenters. The van der Waals surface area contributed by atoms with Gasteiger partial charge in [0.05, 0.1) is 4.90 Å². The Hall–Kier alpha value is -3.56. The first-order chi connectivity index (χ1) is 15.6. The van der Waals surface area contributed by atoms with Gasteiger partial charge in [0, 0.05) is 11.3 Å². The van der Waals surface area contributed by atoms with E-state index < -0.39 is 33.8 Å². The summed E-state index contributed by atoms with van der Waals surface area (Å²) in [5.41, 5.74) is 2.40. The lowest BCUT2D eigenvalue weighted by Gasteiger charge is -2.18. The molecule has 0 heterocycles. The van der Waals surface area contributed by atoms with Gasteiger partial charge in [0.25, 0.3) is 5.91 Å². The highest BCUT2D eigenvalue weighted by molar-refractivity contribution is 7.89. The first-order valence-corrected chi connectivity index (χ1v) is 11.6. The Kier molecular flexibility index (Phi) is 7.25. The number of benzene rings is 3. The topological polar surface area (TPSA) is 113 Å². The quantitative estimate of drug-likeness (QED) is 0.458. The van der Waals surface area contributed by atoms with Crippen LogP contribution in [-0.2, 0) is 14.8 Å². The third kappa shape index (κ3) is 6.03. The number of carboxylic acid groups (broad SMARTS) is 1. The second kappa shape index (κ2) is 9.93. The second-order valence-electron chi connectivity index (χ2n) is 7.74. The van der Waals surface area contributed by atoms with Gasteiger partial charge in [-0.05, 0) is 65.6 Å². The summed E-state index contributed by atoms with van der Waals surface area (Å²) in [5.74, 6) is -2.45. The minimum atomic E-state index is -4.00. The van der Waals surface area contributed by atoms with Gasteiger partial charge in [0.1, 0.15) is 11.9 Å². The molecule has 3 aromatic carbocycles. The van der Waals surface area contributed by atoms with Crippen LogP contribution in [0.4, 0.5) is 10.1 Å². The molecule has 1 amide bonds. The summed E-state index contributed by atoms with van der Waals surface area (Å²) in [5, 5.41) is 12.0. The highest BCUT2D eigenvalue weighted by Crippen LogP contribution is 2.24. The number of nitrogens with one attached hydrogen (secondary N) is 2. The standard InChI is InChI=1S/C24H23FN2O5S/c1-15(2)22(24(29)30)27-33(31,32)21-13-7-17(8-14-21)16-5-11-20(12-6-16)26-23(28)18-3-9-19(25)10-4-18/h3-15,22,27H,1-2H3,(H,26,28)(H,29,30)/t22-/m0/s1. The number of halogens is 1. The van der Waals surface area contributed by atoms with E-state index in [0.29, 0.717) is 11.3 Å². The lowest BCUT2D eigenvalue weighted by atomic mass is 10.1. The molecule has 0 aromatic heterocycles. The Bertz CT molecular complexity index is 1240. The van der Waals surface area contributed by atoms with Crippen LogP contribution in [0.5, 0.6) is 0 Å². The van der Waals surface area contributed by atoms with Crippen LogP contribution in [0.15, 0.2) is 77.7 Å². The molecule has 7 nitrogen and oxygen atoms in total. The Morgan fingerprint density at radius 2 is 1.36 bits per heavy atom. The highest BCUT2D eigenvalue weighted by Gasteiger charge is 2.27. The lowest BCUT2D eigenvalue weighted by molar-refractivity contribution is -0.140. The molecule has 172 valence electrons. The molecule has 33 heavy (non-hydrogen) atoms. The maximum absolute atomic E-state index is 13.0. The number of aliphatic carboxylic acids is 1. The summed E-state index contributed by atoms with van der Waals surface area (Å²) < 4.78 is 40.3. The van der Waals surface area contributed by atoms with Crippen LogP contribution in [0.1, 0.15) is 24.2 Å². The SMILES string of the molecule is CC(C)[C@H](NS(=O)(=O)c1ccc(-c2ccc(NC(=O)c3ccc(F)cc3)cc2)cc1)C(=O)O. The number of anilines is 1. The molecule has 0 spiro atoms. The molecule has 3 N–H and O–H groups in total. The number of sulfonamides is 1. The number of amides is 1. The molecule has 0 saturated heterocycles.